The number of carbonyl (C=O) groups is 2. The van der Waals surface area contributed by atoms with E-state index >= 15 is 0 Å². The molecule has 0 N–H and O–H groups in total. The van der Waals surface area contributed by atoms with Crippen molar-refractivity contribution in [2.75, 3.05) is 49.1 Å². The van der Waals surface area contributed by atoms with Crippen molar-refractivity contribution in [3.05, 3.63) is 119 Å². The van der Waals surface area contributed by atoms with Crippen molar-refractivity contribution in [1.82, 2.24) is 19.8 Å². The standard InChI is InChI=1S/C50H57N7O6/c1-35(44-20-13-24-57(44)49(59)63-50(2,3)4)62-48-52-43-31-55(45-29-40(28-38-18-11-12-19-41(38)45)60-33-36-14-7-5-8-15-36)25-22-42(43)47(53-48)56-27-26-54(39(30-56)21-23-51)32-46(58)61-34-37-16-9-6-10-17-37/h5-12,14-19,28-29,35,39,44H,13,20-22,24-27,30-34H2,1-4H3/t35-,39+,44-/m1/s1. The number of likely N-dealkylation sites (tertiary alicyclic amines) is 1. The second-order valence-electron chi connectivity index (χ2n) is 17.6. The number of rotatable bonds is 13. The van der Waals surface area contributed by atoms with Crippen molar-refractivity contribution in [2.24, 2.45) is 0 Å². The van der Waals surface area contributed by atoms with Gasteiger partial charge in [-0.3, -0.25) is 9.69 Å². The lowest BCUT2D eigenvalue weighted by Gasteiger charge is -2.42. The van der Waals surface area contributed by atoms with Crippen molar-refractivity contribution in [3.8, 4) is 17.8 Å². The smallest absolute Gasteiger partial charge is 0.410 e. The molecule has 1 amide bonds. The van der Waals surface area contributed by atoms with Gasteiger partial charge < -0.3 is 33.6 Å². The summed E-state index contributed by atoms with van der Waals surface area (Å²) in [5.74, 6) is 1.24. The summed E-state index contributed by atoms with van der Waals surface area (Å²) >= 11 is 0. The third kappa shape index (κ3) is 10.6. The van der Waals surface area contributed by atoms with Crippen LogP contribution in [0.3, 0.4) is 0 Å². The minimum Gasteiger partial charge on any atom is -0.489 e. The van der Waals surface area contributed by atoms with E-state index in [1.807, 2.05) is 87.2 Å². The quantitative estimate of drug-likeness (QED) is 0.106. The van der Waals surface area contributed by atoms with Crippen molar-refractivity contribution >= 4 is 34.3 Å². The number of piperazine rings is 1. The minimum absolute atomic E-state index is 0.0906. The Morgan fingerprint density at radius 2 is 1.60 bits per heavy atom. The molecule has 3 atom stereocenters. The fourth-order valence-electron chi connectivity index (χ4n) is 8.87. The van der Waals surface area contributed by atoms with Gasteiger partial charge in [-0.05, 0) is 69.5 Å². The molecule has 13 nitrogen and oxygen atoms in total. The summed E-state index contributed by atoms with van der Waals surface area (Å²) in [6.07, 6.45) is 1.76. The predicted molar refractivity (Wildman–Crippen MR) is 242 cm³/mol. The molecule has 13 heteroatoms. The molecule has 5 aromatic rings. The summed E-state index contributed by atoms with van der Waals surface area (Å²) in [6.45, 7) is 11.7. The first-order valence-corrected chi connectivity index (χ1v) is 22.1. The summed E-state index contributed by atoms with van der Waals surface area (Å²) in [5, 5.41) is 12.2. The fraction of sp³-hybridized carbons (Fsp3) is 0.420. The van der Waals surface area contributed by atoms with Crippen LogP contribution >= 0.6 is 0 Å². The van der Waals surface area contributed by atoms with Gasteiger partial charge in [0.15, 0.2) is 0 Å². The Morgan fingerprint density at radius 1 is 0.873 bits per heavy atom. The number of carbonyl (C=O) groups excluding carboxylic acids is 2. The Hall–Kier alpha value is -6.39. The lowest BCUT2D eigenvalue weighted by molar-refractivity contribution is -0.147. The molecule has 3 aliphatic rings. The summed E-state index contributed by atoms with van der Waals surface area (Å²) in [6, 6.07) is 34.5. The highest BCUT2D eigenvalue weighted by Crippen LogP contribution is 2.38. The molecule has 4 aromatic carbocycles. The Morgan fingerprint density at radius 3 is 2.35 bits per heavy atom. The molecule has 0 bridgehead atoms. The highest BCUT2D eigenvalue weighted by atomic mass is 16.6. The number of ether oxygens (including phenoxy) is 4. The molecule has 0 spiro atoms. The summed E-state index contributed by atoms with van der Waals surface area (Å²) in [4.78, 5) is 45.0. The van der Waals surface area contributed by atoms with Gasteiger partial charge in [-0.1, -0.05) is 84.9 Å². The van der Waals surface area contributed by atoms with Crippen LogP contribution in [0.4, 0.5) is 16.3 Å². The summed E-state index contributed by atoms with van der Waals surface area (Å²) < 4.78 is 24.5. The maximum Gasteiger partial charge on any atom is 0.410 e. The lowest BCUT2D eigenvalue weighted by atomic mass is 10.0. The Bertz CT molecular complexity index is 2420. The number of aromatic nitrogens is 2. The second kappa shape index (κ2) is 19.3. The second-order valence-corrected chi connectivity index (χ2v) is 17.6. The van der Waals surface area contributed by atoms with Crippen LogP contribution in [0.25, 0.3) is 10.8 Å². The van der Waals surface area contributed by atoms with E-state index in [-0.39, 0.29) is 49.7 Å². The van der Waals surface area contributed by atoms with Crippen LogP contribution in [0.5, 0.6) is 11.8 Å². The zero-order chi connectivity index (χ0) is 43.9. The van der Waals surface area contributed by atoms with E-state index in [1.165, 1.54) is 0 Å². The molecule has 0 saturated carbocycles. The molecule has 3 aliphatic heterocycles. The predicted octanol–water partition coefficient (Wildman–Crippen LogP) is 8.09. The highest BCUT2D eigenvalue weighted by Gasteiger charge is 2.38. The van der Waals surface area contributed by atoms with Gasteiger partial charge >= 0.3 is 18.1 Å². The average molecular weight is 852 g/mol. The average Bonchev–Trinajstić information content (AvgIpc) is 3.79. The first-order valence-electron chi connectivity index (χ1n) is 22.1. The molecule has 8 rings (SSSR count). The molecule has 0 radical (unpaired) electrons. The van der Waals surface area contributed by atoms with Gasteiger partial charge in [0.05, 0.1) is 37.3 Å². The van der Waals surface area contributed by atoms with Crippen molar-refractivity contribution in [2.45, 2.75) is 96.9 Å². The highest BCUT2D eigenvalue weighted by molar-refractivity contribution is 5.96. The summed E-state index contributed by atoms with van der Waals surface area (Å²) in [5.41, 5.74) is 4.34. The van der Waals surface area contributed by atoms with E-state index < -0.39 is 11.7 Å². The molecule has 2 fully saturated rings. The molecular weight excluding hydrogens is 795 g/mol. The van der Waals surface area contributed by atoms with E-state index in [9.17, 15) is 14.9 Å². The largest absolute Gasteiger partial charge is 0.489 e. The molecule has 1 aromatic heterocycles. The van der Waals surface area contributed by atoms with Gasteiger partial charge in [-0.2, -0.15) is 15.2 Å². The number of anilines is 2. The van der Waals surface area contributed by atoms with E-state index in [2.05, 4.69) is 58.3 Å². The zero-order valence-corrected chi connectivity index (χ0v) is 36.7. The number of hydrogen-bond donors (Lipinski definition) is 0. The first kappa shape index (κ1) is 43.3. The topological polar surface area (TPSA) is 134 Å². The van der Waals surface area contributed by atoms with Gasteiger partial charge in [-0.25, -0.2) is 4.79 Å². The number of nitriles is 1. The van der Waals surface area contributed by atoms with E-state index in [4.69, 9.17) is 28.9 Å². The maximum absolute atomic E-state index is 13.3. The number of hydrogen-bond acceptors (Lipinski definition) is 12. The number of fused-ring (bicyclic) bond motifs is 2. The van der Waals surface area contributed by atoms with Crippen LogP contribution in [0.1, 0.15) is 69.3 Å². The molecule has 0 unspecified atom stereocenters. The van der Waals surface area contributed by atoms with Crippen LogP contribution in [0.2, 0.25) is 0 Å². The normalized spacial score (nSPS) is 18.4. The van der Waals surface area contributed by atoms with Crippen LogP contribution in [0, 0.1) is 11.3 Å². The maximum atomic E-state index is 13.3. The third-order valence-electron chi connectivity index (χ3n) is 12.0. The SMILES string of the molecule is C[C@@H](Oc1nc2c(c(N3CCN(CC(=O)OCc4ccccc4)[C@@H](CC#N)C3)n1)CCN(c1cc(OCc3ccccc3)cc3ccccc13)C2)[C@H]1CCCN1C(=O)OC(C)(C)C. The Labute approximate surface area is 370 Å². The number of nitrogens with zero attached hydrogens (tertiary/aromatic N) is 7. The van der Waals surface area contributed by atoms with Crippen molar-refractivity contribution in [3.63, 3.8) is 0 Å². The molecule has 2 saturated heterocycles. The van der Waals surface area contributed by atoms with Crippen LogP contribution in [-0.2, 0) is 40.4 Å². The van der Waals surface area contributed by atoms with Crippen molar-refractivity contribution < 1.29 is 28.5 Å². The Kier molecular flexibility index (Phi) is 13.3. The van der Waals surface area contributed by atoms with Gasteiger partial charge in [0.25, 0.3) is 0 Å². The monoisotopic (exact) mass is 851 g/mol. The van der Waals surface area contributed by atoms with Gasteiger partial charge in [-0.15, -0.1) is 0 Å². The number of amides is 1. The molecule has 4 heterocycles. The third-order valence-corrected chi connectivity index (χ3v) is 12.0. The summed E-state index contributed by atoms with van der Waals surface area (Å²) in [7, 11) is 0. The van der Waals surface area contributed by atoms with Crippen LogP contribution in [0.15, 0.2) is 97.1 Å². The van der Waals surface area contributed by atoms with E-state index in [1.54, 1.807) is 4.90 Å². The number of esters is 1. The first-order chi connectivity index (χ1) is 30.5. The van der Waals surface area contributed by atoms with E-state index in [0.29, 0.717) is 52.3 Å². The number of benzene rings is 4. The van der Waals surface area contributed by atoms with Gasteiger partial charge in [0.1, 0.15) is 36.5 Å². The fourth-order valence-corrected chi connectivity index (χ4v) is 8.87. The molecule has 0 aliphatic carbocycles. The molecular formula is C50H57N7O6. The van der Waals surface area contributed by atoms with Gasteiger partial charge in [0.2, 0.25) is 0 Å². The molecule has 63 heavy (non-hydrogen) atoms. The lowest BCUT2D eigenvalue weighted by Crippen LogP contribution is -2.55. The Balaban J connectivity index is 1.07. The molecule has 328 valence electrons. The zero-order valence-electron chi connectivity index (χ0n) is 36.7. The van der Waals surface area contributed by atoms with Crippen LogP contribution in [-0.4, -0.2) is 94.9 Å². The minimum atomic E-state index is -0.620. The van der Waals surface area contributed by atoms with Crippen molar-refractivity contribution in [1.29, 1.82) is 5.26 Å². The van der Waals surface area contributed by atoms with E-state index in [0.717, 1.165) is 63.3 Å². The van der Waals surface area contributed by atoms with Crippen LogP contribution < -0.4 is 19.3 Å². The van der Waals surface area contributed by atoms with Gasteiger partial charge in [0, 0.05) is 61.5 Å².